The molecule has 2 aliphatic rings. The highest BCUT2D eigenvalue weighted by molar-refractivity contribution is 7.88. The van der Waals surface area contributed by atoms with Crippen molar-refractivity contribution >= 4 is 26.9 Å². The fourth-order valence-corrected chi connectivity index (χ4v) is 6.26. The second-order valence-corrected chi connectivity index (χ2v) is 12.0. The summed E-state index contributed by atoms with van der Waals surface area (Å²) in [6.45, 7) is 2.81. The van der Waals surface area contributed by atoms with E-state index < -0.39 is 16.0 Å². The predicted octanol–water partition coefficient (Wildman–Crippen LogP) is 3.93. The van der Waals surface area contributed by atoms with Crippen molar-refractivity contribution < 1.29 is 18.3 Å². The zero-order valence-corrected chi connectivity index (χ0v) is 21.8. The van der Waals surface area contributed by atoms with Crippen molar-refractivity contribution in [3.8, 4) is 23.0 Å². The van der Waals surface area contributed by atoms with Gasteiger partial charge in [0, 0.05) is 60.6 Å². The van der Waals surface area contributed by atoms with Crippen LogP contribution in [-0.2, 0) is 23.0 Å². The molecule has 8 heteroatoms. The largest absolute Gasteiger partial charge is 0.478 e. The Morgan fingerprint density at radius 3 is 2.66 bits per heavy atom. The zero-order chi connectivity index (χ0) is 26.4. The lowest BCUT2D eigenvalue weighted by atomic mass is 9.93. The summed E-state index contributed by atoms with van der Waals surface area (Å²) >= 11 is 0. The Morgan fingerprint density at radius 1 is 1.03 bits per heavy atom. The number of sulfonamides is 1. The molecule has 4 aromatic rings. The normalized spacial score (nSPS) is 16.4. The van der Waals surface area contributed by atoms with Crippen LogP contribution in [0.4, 0.5) is 0 Å². The van der Waals surface area contributed by atoms with Gasteiger partial charge in [0.25, 0.3) is 0 Å². The van der Waals surface area contributed by atoms with Gasteiger partial charge in [-0.25, -0.2) is 13.2 Å². The summed E-state index contributed by atoms with van der Waals surface area (Å²) in [4.78, 5) is 17.6. The van der Waals surface area contributed by atoms with Crippen LogP contribution in [0.25, 0.3) is 22.0 Å². The number of aromatic amines is 1. The quantitative estimate of drug-likeness (QED) is 0.394. The highest BCUT2D eigenvalue weighted by Gasteiger charge is 2.37. The van der Waals surface area contributed by atoms with Crippen LogP contribution in [0.2, 0.25) is 0 Å². The zero-order valence-electron chi connectivity index (χ0n) is 20.9. The summed E-state index contributed by atoms with van der Waals surface area (Å²) in [5.41, 5.74) is 6.63. The van der Waals surface area contributed by atoms with Crippen LogP contribution in [0.5, 0.6) is 0 Å². The molecule has 0 aliphatic carbocycles. The minimum Gasteiger partial charge on any atom is -0.478 e. The number of aromatic carboxylic acids is 1. The summed E-state index contributed by atoms with van der Waals surface area (Å²) in [7, 11) is -3.11. The van der Waals surface area contributed by atoms with Crippen molar-refractivity contribution in [3.05, 3.63) is 94.7 Å². The van der Waals surface area contributed by atoms with Crippen LogP contribution in [0.1, 0.15) is 32.6 Å². The van der Waals surface area contributed by atoms with Crippen molar-refractivity contribution in [1.29, 1.82) is 0 Å². The molecule has 0 unspecified atom stereocenters. The Kier molecular flexibility index (Phi) is 6.07. The van der Waals surface area contributed by atoms with Gasteiger partial charge in [-0.15, -0.1) is 0 Å². The van der Waals surface area contributed by atoms with Gasteiger partial charge in [0.2, 0.25) is 10.0 Å². The fraction of sp³-hybridized carbons (Fsp3) is 0.233. The molecular weight excluding hydrogens is 498 g/mol. The third kappa shape index (κ3) is 4.61. The first-order valence-corrected chi connectivity index (χ1v) is 14.4. The number of aromatic nitrogens is 1. The molecule has 0 bridgehead atoms. The minimum atomic E-state index is -3.11. The van der Waals surface area contributed by atoms with Crippen LogP contribution < -0.4 is 0 Å². The molecule has 0 atom stereocenters. The summed E-state index contributed by atoms with van der Waals surface area (Å²) in [5.74, 6) is 5.51. The van der Waals surface area contributed by atoms with E-state index in [1.807, 2.05) is 42.6 Å². The summed E-state index contributed by atoms with van der Waals surface area (Å²) in [5, 5.41) is 10.9. The number of fused-ring (bicyclic) bond motifs is 2. The number of nitrogens with one attached hydrogen (secondary N) is 1. The van der Waals surface area contributed by atoms with Gasteiger partial charge >= 0.3 is 5.97 Å². The van der Waals surface area contributed by atoms with Gasteiger partial charge in [-0.3, -0.25) is 4.90 Å². The monoisotopic (exact) mass is 525 g/mol. The van der Waals surface area contributed by atoms with E-state index in [-0.39, 0.29) is 11.6 Å². The molecule has 3 heterocycles. The number of rotatable bonds is 4. The molecule has 1 aromatic heterocycles. The van der Waals surface area contributed by atoms with Gasteiger partial charge in [-0.05, 0) is 64.9 Å². The number of hydrogen-bond acceptors (Lipinski definition) is 4. The van der Waals surface area contributed by atoms with Gasteiger partial charge in [0.15, 0.2) is 0 Å². The van der Waals surface area contributed by atoms with Gasteiger partial charge in [-0.1, -0.05) is 36.1 Å². The van der Waals surface area contributed by atoms with E-state index in [4.69, 9.17) is 0 Å². The van der Waals surface area contributed by atoms with Gasteiger partial charge < -0.3 is 10.1 Å². The molecule has 0 saturated carbocycles. The van der Waals surface area contributed by atoms with Crippen LogP contribution in [-0.4, -0.2) is 65.6 Å². The molecule has 3 aromatic carbocycles. The van der Waals surface area contributed by atoms with E-state index >= 15 is 0 Å². The van der Waals surface area contributed by atoms with Gasteiger partial charge in [-0.2, -0.15) is 4.31 Å². The number of carbonyl (C=O) groups is 1. The smallest absolute Gasteiger partial charge is 0.336 e. The molecular formula is C30H27N3O4S. The highest BCUT2D eigenvalue weighted by Crippen LogP contribution is 2.31. The Morgan fingerprint density at radius 2 is 1.87 bits per heavy atom. The third-order valence-electron chi connectivity index (χ3n) is 7.54. The molecule has 2 N–H and O–H groups in total. The van der Waals surface area contributed by atoms with Gasteiger partial charge in [0.1, 0.15) is 0 Å². The Labute approximate surface area is 221 Å². The first-order valence-electron chi connectivity index (χ1n) is 12.5. The topological polar surface area (TPSA) is 93.7 Å². The maximum atomic E-state index is 12.1. The highest BCUT2D eigenvalue weighted by atomic mass is 32.2. The SMILES string of the molecule is CS(=O)(=O)N1CC(N2CCc3cc(C#Cc4cccc(C(=O)O)c4-c4ccc5cc[nH]c5c4)ccc3C2)C1. The van der Waals surface area contributed by atoms with Crippen LogP contribution >= 0.6 is 0 Å². The van der Waals surface area contributed by atoms with E-state index in [0.717, 1.165) is 41.5 Å². The van der Waals surface area contributed by atoms with Crippen LogP contribution in [0.3, 0.4) is 0 Å². The number of H-pyrrole nitrogens is 1. The average Bonchev–Trinajstić information content (AvgIpc) is 3.33. The lowest BCUT2D eigenvalue weighted by Crippen LogP contribution is -2.61. The first-order chi connectivity index (χ1) is 18.3. The molecule has 192 valence electrons. The number of carboxylic acids is 1. The van der Waals surface area contributed by atoms with E-state index in [1.165, 1.54) is 21.7 Å². The second kappa shape index (κ2) is 9.44. The third-order valence-corrected chi connectivity index (χ3v) is 8.78. The van der Waals surface area contributed by atoms with Crippen molar-refractivity contribution in [1.82, 2.24) is 14.2 Å². The van der Waals surface area contributed by atoms with E-state index in [2.05, 4.69) is 33.9 Å². The summed E-state index contributed by atoms with van der Waals surface area (Å²) in [6, 6.07) is 19.6. The molecule has 7 nitrogen and oxygen atoms in total. The van der Waals surface area contributed by atoms with Crippen LogP contribution in [0.15, 0.2) is 66.9 Å². The molecule has 2 aliphatic heterocycles. The molecule has 6 rings (SSSR count). The second-order valence-electron chi connectivity index (χ2n) is 10.0. The van der Waals surface area contributed by atoms with Gasteiger partial charge in [0.05, 0.1) is 11.8 Å². The van der Waals surface area contributed by atoms with E-state index in [1.54, 1.807) is 12.1 Å². The fourth-order valence-electron chi connectivity index (χ4n) is 5.37. The maximum Gasteiger partial charge on any atom is 0.336 e. The minimum absolute atomic E-state index is 0.221. The maximum absolute atomic E-state index is 12.1. The van der Waals surface area contributed by atoms with Crippen molar-refractivity contribution in [2.75, 3.05) is 25.9 Å². The lowest BCUT2D eigenvalue weighted by Gasteiger charge is -2.45. The van der Waals surface area contributed by atoms with Crippen molar-refractivity contribution in [3.63, 3.8) is 0 Å². The van der Waals surface area contributed by atoms with Crippen molar-refractivity contribution in [2.24, 2.45) is 0 Å². The molecule has 38 heavy (non-hydrogen) atoms. The molecule has 1 fully saturated rings. The lowest BCUT2D eigenvalue weighted by molar-refractivity contribution is 0.0697. The molecule has 1 saturated heterocycles. The molecule has 0 spiro atoms. The number of nitrogens with zero attached hydrogens (tertiary/aromatic N) is 2. The van der Waals surface area contributed by atoms with Crippen LogP contribution in [0, 0.1) is 11.8 Å². The van der Waals surface area contributed by atoms with E-state index in [9.17, 15) is 18.3 Å². The molecule has 0 amide bonds. The Hall–Kier alpha value is -3.90. The predicted molar refractivity (Wildman–Crippen MR) is 147 cm³/mol. The summed E-state index contributed by atoms with van der Waals surface area (Å²) < 4.78 is 24.9. The van der Waals surface area contributed by atoms with E-state index in [0.29, 0.717) is 24.2 Å². The summed E-state index contributed by atoms with van der Waals surface area (Å²) in [6.07, 6.45) is 4.01. The first kappa shape index (κ1) is 24.4. The molecule has 0 radical (unpaired) electrons. The Balaban J connectivity index is 1.26. The number of benzene rings is 3. The van der Waals surface area contributed by atoms with Crippen molar-refractivity contribution in [2.45, 2.75) is 19.0 Å². The standard InChI is InChI=1S/C30H27N3O4S/c1-38(36,37)33-18-26(19-33)32-14-12-23-15-20(6-8-25(23)17-32)5-7-22-3-2-4-27(30(34)35)29(22)24-10-9-21-11-13-31-28(21)16-24/h2-4,6,8-11,13,15-16,26,31H,12,14,17-19H2,1H3,(H,34,35). The number of carboxylic acid groups (broad SMARTS) is 1. The average molecular weight is 526 g/mol. The Bertz CT molecular complexity index is 1740. The number of hydrogen-bond donors (Lipinski definition) is 2.